The molecule has 0 saturated carbocycles. The predicted molar refractivity (Wildman–Crippen MR) is 152 cm³/mol. The van der Waals surface area contributed by atoms with Gasteiger partial charge in [0.1, 0.15) is 34.5 Å². The maximum atomic E-state index is 11.9. The number of carbonyl (C=O) groups excluding carboxylic acids is 1. The largest absolute Gasteiger partial charge is 0.494 e. The zero-order chi connectivity index (χ0) is 28.7. The van der Waals surface area contributed by atoms with Gasteiger partial charge in [-0.05, 0) is 97.0 Å². The lowest BCUT2D eigenvalue weighted by Gasteiger charge is -2.21. The van der Waals surface area contributed by atoms with E-state index in [1.165, 1.54) is 18.1 Å². The number of rotatable bonds is 12. The molecule has 0 spiro atoms. The van der Waals surface area contributed by atoms with Gasteiger partial charge < -0.3 is 19.5 Å². The highest BCUT2D eigenvalue weighted by Crippen LogP contribution is 2.32. The molecule has 0 saturated heterocycles. The normalized spacial score (nSPS) is 11.2. The van der Waals surface area contributed by atoms with Crippen LogP contribution in [0.5, 0.6) is 11.5 Å². The number of carboxylic acids is 1. The Morgan fingerprint density at radius 2 is 1.56 bits per heavy atom. The zero-order valence-corrected chi connectivity index (χ0v) is 23.8. The first-order chi connectivity index (χ1) is 18.3. The molecule has 0 aromatic heterocycles. The fraction of sp³-hybridized carbons (Fsp3) is 0.333. The molecule has 0 heterocycles. The average molecular weight is 554 g/mol. The van der Waals surface area contributed by atoms with Crippen LogP contribution >= 0.6 is 0 Å². The topological polar surface area (TPSA) is 110 Å². The number of aliphatic carboxylic acids is 1. The third-order valence-corrected chi connectivity index (χ3v) is 7.22. The SMILES string of the molecule is CC(=O)N(CC(=O)O)c1ccc(OCc2cccc(-c3c(C)cc(OCCCS(C)(=O)=O)cc3C)c2)cc1C. The number of ether oxygens (including phenoxy) is 2. The summed E-state index contributed by atoms with van der Waals surface area (Å²) in [5.41, 5.74) is 6.50. The maximum absolute atomic E-state index is 11.9. The number of carboxylic acid groups (broad SMARTS) is 1. The fourth-order valence-corrected chi connectivity index (χ4v) is 5.12. The molecule has 3 aromatic rings. The number of amides is 1. The number of anilines is 1. The van der Waals surface area contributed by atoms with Crippen LogP contribution in [-0.4, -0.2) is 50.6 Å². The second-order valence-corrected chi connectivity index (χ2v) is 12.0. The first-order valence-corrected chi connectivity index (χ1v) is 14.6. The van der Waals surface area contributed by atoms with E-state index < -0.39 is 22.4 Å². The summed E-state index contributed by atoms with van der Waals surface area (Å²) in [6, 6.07) is 17.2. The van der Waals surface area contributed by atoms with Crippen LogP contribution in [0.4, 0.5) is 5.69 Å². The molecule has 0 radical (unpaired) electrons. The summed E-state index contributed by atoms with van der Waals surface area (Å²) >= 11 is 0. The lowest BCUT2D eigenvalue weighted by atomic mass is 9.94. The summed E-state index contributed by atoms with van der Waals surface area (Å²) in [5.74, 6) is 0.00561. The molecule has 0 bridgehead atoms. The van der Waals surface area contributed by atoms with E-state index in [-0.39, 0.29) is 11.7 Å². The first kappa shape index (κ1) is 29.7. The summed E-state index contributed by atoms with van der Waals surface area (Å²) in [7, 11) is -3.00. The molecule has 39 heavy (non-hydrogen) atoms. The average Bonchev–Trinajstić information content (AvgIpc) is 2.83. The number of hydrogen-bond acceptors (Lipinski definition) is 6. The van der Waals surface area contributed by atoms with Crippen LogP contribution in [-0.2, 0) is 26.0 Å². The lowest BCUT2D eigenvalue weighted by molar-refractivity contribution is -0.136. The van der Waals surface area contributed by atoms with Crippen molar-refractivity contribution in [3.05, 3.63) is 76.9 Å². The molecule has 0 aliphatic heterocycles. The van der Waals surface area contributed by atoms with E-state index in [2.05, 4.69) is 6.07 Å². The fourth-order valence-electron chi connectivity index (χ4n) is 4.48. The Hall–Kier alpha value is -3.85. The number of carbonyl (C=O) groups is 2. The lowest BCUT2D eigenvalue weighted by Crippen LogP contribution is -2.34. The number of benzene rings is 3. The standard InChI is InChI=1S/C30H35NO7S/c1-20-14-26(10-11-28(20)31(23(4)32)18-29(33)34)38-19-24-8-6-9-25(17-24)30-21(2)15-27(16-22(30)3)37-12-7-13-39(5,35)36/h6,8-11,14-17H,7,12-13,18-19H2,1-5H3,(H,33,34). The van der Waals surface area contributed by atoms with Crippen LogP contribution in [0.2, 0.25) is 0 Å². The second kappa shape index (κ2) is 12.8. The molecule has 0 aliphatic rings. The predicted octanol–water partition coefficient (Wildman–Crippen LogP) is 5.11. The highest BCUT2D eigenvalue weighted by Gasteiger charge is 2.17. The van der Waals surface area contributed by atoms with Crippen molar-refractivity contribution < 1.29 is 32.6 Å². The molecule has 208 valence electrons. The van der Waals surface area contributed by atoms with Crippen molar-refractivity contribution in [1.82, 2.24) is 0 Å². The summed E-state index contributed by atoms with van der Waals surface area (Å²) in [4.78, 5) is 24.3. The summed E-state index contributed by atoms with van der Waals surface area (Å²) < 4.78 is 34.4. The van der Waals surface area contributed by atoms with Crippen LogP contribution in [0.1, 0.15) is 35.6 Å². The number of nitrogens with zero attached hydrogens (tertiary/aromatic N) is 1. The van der Waals surface area contributed by atoms with Crippen LogP contribution in [0, 0.1) is 20.8 Å². The third kappa shape index (κ3) is 8.58. The molecule has 8 nitrogen and oxygen atoms in total. The summed E-state index contributed by atoms with van der Waals surface area (Å²) in [5, 5.41) is 9.13. The van der Waals surface area contributed by atoms with Crippen molar-refractivity contribution in [3.63, 3.8) is 0 Å². The van der Waals surface area contributed by atoms with E-state index in [4.69, 9.17) is 14.6 Å². The van der Waals surface area contributed by atoms with Gasteiger partial charge in [-0.1, -0.05) is 18.2 Å². The Kier molecular flexibility index (Phi) is 9.75. The summed E-state index contributed by atoms with van der Waals surface area (Å²) in [6.07, 6.45) is 1.67. The zero-order valence-electron chi connectivity index (χ0n) is 23.0. The van der Waals surface area contributed by atoms with Crippen molar-refractivity contribution in [2.75, 3.05) is 30.1 Å². The molecule has 3 aromatic carbocycles. The van der Waals surface area contributed by atoms with Gasteiger partial charge in [0.2, 0.25) is 5.91 Å². The molecular formula is C30H35NO7S. The minimum Gasteiger partial charge on any atom is -0.494 e. The van der Waals surface area contributed by atoms with Gasteiger partial charge in [-0.3, -0.25) is 9.59 Å². The third-order valence-electron chi connectivity index (χ3n) is 6.19. The Labute approximate surface area is 230 Å². The van der Waals surface area contributed by atoms with Gasteiger partial charge in [-0.2, -0.15) is 0 Å². The molecule has 1 N–H and O–H groups in total. The van der Waals surface area contributed by atoms with Gasteiger partial charge in [-0.25, -0.2) is 8.42 Å². The quantitative estimate of drug-likeness (QED) is 0.310. The highest BCUT2D eigenvalue weighted by molar-refractivity contribution is 7.90. The molecule has 0 fully saturated rings. The molecule has 9 heteroatoms. The minimum atomic E-state index is -3.00. The van der Waals surface area contributed by atoms with E-state index in [1.54, 1.807) is 18.2 Å². The van der Waals surface area contributed by atoms with Crippen LogP contribution in [0.25, 0.3) is 11.1 Å². The van der Waals surface area contributed by atoms with Gasteiger partial charge in [0.25, 0.3) is 0 Å². The Balaban J connectivity index is 1.71. The van der Waals surface area contributed by atoms with Crippen molar-refractivity contribution in [1.29, 1.82) is 0 Å². The Morgan fingerprint density at radius 1 is 0.897 bits per heavy atom. The molecular weight excluding hydrogens is 518 g/mol. The number of aryl methyl sites for hydroxylation is 3. The van der Waals surface area contributed by atoms with E-state index >= 15 is 0 Å². The molecule has 0 aliphatic carbocycles. The highest BCUT2D eigenvalue weighted by atomic mass is 32.2. The molecule has 3 rings (SSSR count). The number of hydrogen-bond donors (Lipinski definition) is 1. The smallest absolute Gasteiger partial charge is 0.323 e. The summed E-state index contributed by atoms with van der Waals surface area (Å²) in [6.45, 7) is 7.46. The molecule has 1 amide bonds. The van der Waals surface area contributed by atoms with E-state index in [0.717, 1.165) is 33.4 Å². The van der Waals surface area contributed by atoms with Crippen molar-refractivity contribution in [3.8, 4) is 22.6 Å². The Morgan fingerprint density at radius 3 is 2.15 bits per heavy atom. The van der Waals surface area contributed by atoms with E-state index in [9.17, 15) is 18.0 Å². The van der Waals surface area contributed by atoms with E-state index in [1.807, 2.05) is 51.1 Å². The first-order valence-electron chi connectivity index (χ1n) is 12.6. The van der Waals surface area contributed by atoms with Crippen LogP contribution in [0.15, 0.2) is 54.6 Å². The monoisotopic (exact) mass is 553 g/mol. The molecule has 0 atom stereocenters. The van der Waals surface area contributed by atoms with Gasteiger partial charge in [-0.15, -0.1) is 0 Å². The van der Waals surface area contributed by atoms with Gasteiger partial charge >= 0.3 is 5.97 Å². The van der Waals surface area contributed by atoms with Gasteiger partial charge in [0.05, 0.1) is 12.4 Å². The van der Waals surface area contributed by atoms with Gasteiger partial charge in [0, 0.05) is 18.9 Å². The second-order valence-electron chi connectivity index (χ2n) is 9.70. The number of sulfone groups is 1. The minimum absolute atomic E-state index is 0.100. The maximum Gasteiger partial charge on any atom is 0.323 e. The van der Waals surface area contributed by atoms with Crippen molar-refractivity contribution in [2.24, 2.45) is 0 Å². The van der Waals surface area contributed by atoms with Crippen molar-refractivity contribution >= 4 is 27.4 Å². The van der Waals surface area contributed by atoms with Crippen molar-refractivity contribution in [2.45, 2.75) is 40.7 Å². The Bertz CT molecular complexity index is 1440. The van der Waals surface area contributed by atoms with Crippen LogP contribution < -0.4 is 14.4 Å². The van der Waals surface area contributed by atoms with Crippen LogP contribution in [0.3, 0.4) is 0 Å². The van der Waals surface area contributed by atoms with Gasteiger partial charge in [0.15, 0.2) is 0 Å². The van der Waals surface area contributed by atoms with E-state index in [0.29, 0.717) is 36.8 Å². The molecule has 0 unspecified atom stereocenters.